The van der Waals surface area contributed by atoms with Crippen molar-refractivity contribution >= 4 is 0 Å². The Morgan fingerprint density at radius 2 is 0.607 bits per heavy atom. The summed E-state index contributed by atoms with van der Waals surface area (Å²) in [5.74, 6) is 10.9. The van der Waals surface area contributed by atoms with Crippen LogP contribution in [0.1, 0.15) is 227 Å². The summed E-state index contributed by atoms with van der Waals surface area (Å²) in [4.78, 5) is 0. The quantitative estimate of drug-likeness (QED) is 0.0332. The van der Waals surface area contributed by atoms with E-state index in [1.54, 1.807) is 0 Å². The molecule has 7 aromatic rings. The van der Waals surface area contributed by atoms with Gasteiger partial charge in [0.15, 0.2) is 0 Å². The SMILES string of the molecule is C#Cc1ccc2c(c1)C(CCCC)(CCCC)c1cc(-c3ccc4c(c3)C(CCCC)(CCCC)c3cc(-c5ccc6c(c5)C(CCCC)(CCCC)c5cc(C#Cc7ccc(OCCOCCOCCCC)cc7)ccc5-6)ccc3-4)ccc1-2. The maximum absolute atomic E-state index is 6.10. The molecule has 0 amide bonds. The van der Waals surface area contributed by atoms with Crippen molar-refractivity contribution in [2.24, 2.45) is 0 Å². The summed E-state index contributed by atoms with van der Waals surface area (Å²) in [6.45, 7) is 19.3. The molecular weight excluding hydrogens is 1020 g/mol. The van der Waals surface area contributed by atoms with Gasteiger partial charge in [-0.2, -0.15) is 0 Å². The molecule has 3 aliphatic rings. The van der Waals surface area contributed by atoms with Crippen LogP contribution in [-0.4, -0.2) is 33.0 Å². The largest absolute Gasteiger partial charge is 0.491 e. The van der Waals surface area contributed by atoms with Gasteiger partial charge in [-0.05, 0) is 207 Å². The highest BCUT2D eigenvalue weighted by molar-refractivity contribution is 5.90. The van der Waals surface area contributed by atoms with Gasteiger partial charge in [-0.25, -0.2) is 0 Å². The highest BCUT2D eigenvalue weighted by Crippen LogP contribution is 2.59. The Labute approximate surface area is 506 Å². The third kappa shape index (κ3) is 12.1. The Balaban J connectivity index is 0.973. The summed E-state index contributed by atoms with van der Waals surface area (Å²) in [5, 5.41) is 0. The number of hydrogen-bond donors (Lipinski definition) is 0. The van der Waals surface area contributed by atoms with Crippen molar-refractivity contribution in [1.82, 2.24) is 0 Å². The highest BCUT2D eigenvalue weighted by atomic mass is 16.5. The van der Waals surface area contributed by atoms with Crippen molar-refractivity contribution < 1.29 is 14.2 Å². The van der Waals surface area contributed by atoms with Gasteiger partial charge < -0.3 is 14.2 Å². The molecule has 0 aromatic heterocycles. The smallest absolute Gasteiger partial charge is 0.119 e. The molecule has 7 aromatic carbocycles. The van der Waals surface area contributed by atoms with E-state index < -0.39 is 0 Å². The molecule has 84 heavy (non-hydrogen) atoms. The Hall–Kier alpha value is -6.62. The Morgan fingerprint density at radius 1 is 0.310 bits per heavy atom. The maximum Gasteiger partial charge on any atom is 0.119 e. The van der Waals surface area contributed by atoms with Crippen LogP contribution in [0.4, 0.5) is 0 Å². The summed E-state index contributed by atoms with van der Waals surface area (Å²) in [7, 11) is 0. The lowest BCUT2D eigenvalue weighted by atomic mass is 9.69. The maximum atomic E-state index is 6.10. The van der Waals surface area contributed by atoms with E-state index >= 15 is 0 Å². The Kier molecular flexibility index (Phi) is 20.2. The minimum atomic E-state index is -0.0822. The first-order valence-corrected chi connectivity index (χ1v) is 33.0. The lowest BCUT2D eigenvalue weighted by Gasteiger charge is -2.34. The van der Waals surface area contributed by atoms with Gasteiger partial charge in [0.25, 0.3) is 0 Å². The van der Waals surface area contributed by atoms with E-state index in [2.05, 4.69) is 188 Å². The summed E-state index contributed by atoms with van der Waals surface area (Å²) in [6.07, 6.45) is 29.4. The molecule has 3 nitrogen and oxygen atoms in total. The van der Waals surface area contributed by atoms with Gasteiger partial charge in [-0.15, -0.1) is 6.42 Å². The first-order chi connectivity index (χ1) is 41.2. The third-order valence-corrected chi connectivity index (χ3v) is 19.4. The second kappa shape index (κ2) is 28.1. The molecule has 0 N–H and O–H groups in total. The monoisotopic (exact) mass is 1110 g/mol. The molecule has 0 fully saturated rings. The first kappa shape index (κ1) is 60.5. The lowest BCUT2D eigenvalue weighted by molar-refractivity contribution is 0.0356. The zero-order valence-electron chi connectivity index (χ0n) is 52.2. The fourth-order valence-electron chi connectivity index (χ4n) is 14.8. The Morgan fingerprint density at radius 3 is 0.976 bits per heavy atom. The molecule has 0 unspecified atom stereocenters. The van der Waals surface area contributed by atoms with E-state index in [0.29, 0.717) is 26.4 Å². The number of benzene rings is 7. The van der Waals surface area contributed by atoms with E-state index in [1.807, 2.05) is 12.1 Å². The molecule has 0 aliphatic heterocycles. The van der Waals surface area contributed by atoms with Crippen LogP contribution in [0, 0.1) is 24.2 Å². The van der Waals surface area contributed by atoms with Crippen molar-refractivity contribution in [2.75, 3.05) is 33.0 Å². The molecule has 0 bridgehead atoms. The molecule has 0 heterocycles. The average molecular weight is 1120 g/mol. The minimum absolute atomic E-state index is 0.0375. The summed E-state index contributed by atoms with van der Waals surface area (Å²) in [5.41, 5.74) is 25.5. The number of ether oxygens (including phenoxy) is 3. The van der Waals surface area contributed by atoms with E-state index in [-0.39, 0.29) is 16.2 Å². The molecule has 3 heteroatoms. The number of unbranched alkanes of at least 4 members (excludes halogenated alkanes) is 7. The molecular formula is C81H94O3. The summed E-state index contributed by atoms with van der Waals surface area (Å²) >= 11 is 0. The molecule has 0 radical (unpaired) electrons. The van der Waals surface area contributed by atoms with Gasteiger partial charge >= 0.3 is 0 Å². The highest BCUT2D eigenvalue weighted by Gasteiger charge is 2.46. The fourth-order valence-corrected chi connectivity index (χ4v) is 14.8. The second-order valence-electron chi connectivity index (χ2n) is 24.8. The van der Waals surface area contributed by atoms with Gasteiger partial charge in [0.2, 0.25) is 0 Å². The van der Waals surface area contributed by atoms with Gasteiger partial charge in [-0.1, -0.05) is 210 Å². The van der Waals surface area contributed by atoms with Crippen molar-refractivity contribution in [1.29, 1.82) is 0 Å². The van der Waals surface area contributed by atoms with Gasteiger partial charge in [0.05, 0.1) is 19.8 Å². The van der Waals surface area contributed by atoms with Crippen molar-refractivity contribution in [2.45, 2.75) is 193 Å². The van der Waals surface area contributed by atoms with Crippen LogP contribution in [0.3, 0.4) is 0 Å². The predicted octanol–water partition coefficient (Wildman–Crippen LogP) is 21.6. The second-order valence-corrected chi connectivity index (χ2v) is 24.8. The van der Waals surface area contributed by atoms with Crippen LogP contribution < -0.4 is 4.74 Å². The van der Waals surface area contributed by atoms with Crippen LogP contribution in [-0.2, 0) is 25.7 Å². The van der Waals surface area contributed by atoms with Gasteiger partial charge in [-0.3, -0.25) is 0 Å². The van der Waals surface area contributed by atoms with Crippen LogP contribution in [0.5, 0.6) is 5.75 Å². The molecule has 0 atom stereocenters. The van der Waals surface area contributed by atoms with E-state index in [4.69, 9.17) is 20.6 Å². The number of hydrogen-bond acceptors (Lipinski definition) is 3. The van der Waals surface area contributed by atoms with Crippen LogP contribution in [0.2, 0.25) is 0 Å². The van der Waals surface area contributed by atoms with Crippen LogP contribution >= 0.6 is 0 Å². The fraction of sp³-hybridized carbons (Fsp3) is 0.432. The molecule has 0 spiro atoms. The van der Waals surface area contributed by atoms with Crippen LogP contribution in [0.25, 0.3) is 55.6 Å². The van der Waals surface area contributed by atoms with Crippen molar-refractivity contribution in [3.05, 3.63) is 184 Å². The topological polar surface area (TPSA) is 27.7 Å². The van der Waals surface area contributed by atoms with Crippen molar-refractivity contribution in [3.63, 3.8) is 0 Å². The molecule has 10 rings (SSSR count). The summed E-state index contributed by atoms with van der Waals surface area (Å²) in [6, 6.07) is 52.2. The van der Waals surface area contributed by atoms with Crippen LogP contribution in [0.15, 0.2) is 133 Å². The van der Waals surface area contributed by atoms with E-state index in [0.717, 1.165) is 93.3 Å². The molecule has 3 aliphatic carbocycles. The van der Waals surface area contributed by atoms with Gasteiger partial charge in [0.1, 0.15) is 12.4 Å². The summed E-state index contributed by atoms with van der Waals surface area (Å²) < 4.78 is 17.3. The molecule has 436 valence electrons. The normalized spacial score (nSPS) is 14.2. The molecule has 0 saturated heterocycles. The zero-order valence-corrected chi connectivity index (χ0v) is 52.2. The zero-order chi connectivity index (χ0) is 58.5. The average Bonchev–Trinajstić information content (AvgIpc) is 2.16. The van der Waals surface area contributed by atoms with E-state index in [9.17, 15) is 0 Å². The Bertz CT molecular complexity index is 3460. The molecule has 0 saturated carbocycles. The number of rotatable bonds is 30. The van der Waals surface area contributed by atoms with Crippen molar-refractivity contribution in [3.8, 4) is 85.6 Å². The number of fused-ring (bicyclic) bond motifs is 9. The third-order valence-electron chi connectivity index (χ3n) is 19.4. The lowest BCUT2D eigenvalue weighted by Crippen LogP contribution is -2.26. The number of terminal acetylenes is 1. The predicted molar refractivity (Wildman–Crippen MR) is 356 cm³/mol. The van der Waals surface area contributed by atoms with E-state index in [1.165, 1.54) is 153 Å². The minimum Gasteiger partial charge on any atom is -0.491 e. The van der Waals surface area contributed by atoms with Gasteiger partial charge in [0, 0.05) is 39.5 Å². The first-order valence-electron chi connectivity index (χ1n) is 33.0. The standard InChI is InChI=1S/C81H94O3/c1-9-17-42-79(43-18-10-2)73-53-59(16-8)28-36-67(73)69-38-30-62(55-75(69)79)64-32-40-71-72-41-33-65(58-78(72)81(46-21-13-5,47-22-14-6)77(71)57-64)63-31-39-70-68-37-29-61(54-74(68)80(44-19-11-3,45-20-12-4)76(70)56-63)25-24-60-26-34-66(35-27-60)84-52-51-83-50-49-82-48-23-15-7/h8,26-41,53-58H,9-15,17-23,42-52H2,1-7H3.